The molecule has 5 aromatic carbocycles. The van der Waals surface area contributed by atoms with Crippen molar-refractivity contribution in [1.29, 1.82) is 0 Å². The third kappa shape index (κ3) is 9.84. The summed E-state index contributed by atoms with van der Waals surface area (Å²) in [7, 11) is -14.9. The zero-order chi connectivity index (χ0) is 46.2. The van der Waals surface area contributed by atoms with E-state index in [0.717, 1.165) is 30.3 Å². The maximum Gasteiger partial charge on any atom is 0.338 e. The molecule has 6 aromatic rings. The van der Waals surface area contributed by atoms with E-state index < -0.39 is 104 Å². The van der Waals surface area contributed by atoms with Gasteiger partial charge in [0, 0.05) is 23.0 Å². The van der Waals surface area contributed by atoms with Crippen LogP contribution in [0.1, 0.15) is 15.9 Å². The number of aromatic carboxylic acids is 1. The molecule has 0 spiro atoms. The molecule has 27 heteroatoms. The summed E-state index contributed by atoms with van der Waals surface area (Å²) in [5.41, 5.74) is 3.02. The van der Waals surface area contributed by atoms with Crippen molar-refractivity contribution in [2.75, 3.05) is 18.9 Å². The topological polar surface area (TPSA) is 404 Å². The molecule has 0 aliphatic rings. The number of carbonyl (C=O) groups is 1. The zero-order valence-electron chi connectivity index (χ0n) is 31.7. The summed E-state index contributed by atoms with van der Waals surface area (Å²) in [6, 6.07) is 11.9. The maximum absolute atomic E-state index is 12.4. The van der Waals surface area contributed by atoms with Gasteiger partial charge in [-0.25, -0.2) is 4.79 Å². The van der Waals surface area contributed by atoms with Crippen molar-refractivity contribution < 1.29 is 74.0 Å². The molecule has 328 valence electrons. The number of azo groups is 3. The molecule has 0 amide bonds. The van der Waals surface area contributed by atoms with Crippen LogP contribution >= 0.6 is 0 Å². The molecular formula is C36H30N8O16S3. The Morgan fingerprint density at radius 2 is 1.37 bits per heavy atom. The number of benzene rings is 5. The standard InChI is InChI=1S/C36H30N8O16S3/c1-16-7-26(42-44-33-31(63(57,58)59)9-17-8-30(62(54,55)56)23(37)11-21(17)34(33)47)28(60-15-19(46)14-45)12-25(16)41-39-18-4-5-24(22(10-18)36(49)50)40-43-27-13-29(61(51,52)53)20-3-2-6-38-32(20)35(27)48/h2-13,19,45-48H,14-15,37H2,1H3,(H,49,50)(H,51,52,53)(H,54,55,56)(H,57,58,59)/b41-39+,43-40+,44-42+. The Hall–Kier alpha value is -7.11. The summed E-state index contributed by atoms with van der Waals surface area (Å²) in [6.45, 7) is 0.242. The second kappa shape index (κ2) is 17.3. The van der Waals surface area contributed by atoms with Gasteiger partial charge in [0.25, 0.3) is 30.4 Å². The second-order valence-corrected chi connectivity index (χ2v) is 17.3. The molecule has 0 radical (unpaired) electrons. The number of aliphatic hydroxyl groups excluding tert-OH is 2. The van der Waals surface area contributed by atoms with Gasteiger partial charge < -0.3 is 36.0 Å². The zero-order valence-corrected chi connectivity index (χ0v) is 34.1. The van der Waals surface area contributed by atoms with Gasteiger partial charge in [-0.2, -0.15) is 35.5 Å². The number of hydrogen-bond donors (Lipinski definition) is 9. The van der Waals surface area contributed by atoms with Crippen LogP contribution < -0.4 is 10.5 Å². The number of hydrogen-bond acceptors (Lipinski definition) is 20. The minimum atomic E-state index is -5.20. The van der Waals surface area contributed by atoms with E-state index in [1.807, 2.05) is 0 Å². The van der Waals surface area contributed by atoms with Crippen LogP contribution in [0.25, 0.3) is 21.7 Å². The first kappa shape index (κ1) is 45.4. The Kier molecular flexibility index (Phi) is 12.5. The quantitative estimate of drug-likeness (QED) is 0.0338. The number of nitrogens with two attached hydrogens (primary N) is 1. The van der Waals surface area contributed by atoms with Gasteiger partial charge in [0.05, 0.1) is 29.2 Å². The number of nitrogens with zero attached hydrogens (tertiary/aromatic N) is 7. The van der Waals surface area contributed by atoms with Gasteiger partial charge in [0.2, 0.25) is 0 Å². The van der Waals surface area contributed by atoms with E-state index in [1.165, 1.54) is 49.5 Å². The number of fused-ring (bicyclic) bond motifs is 2. The molecule has 6 rings (SSSR count). The predicted molar refractivity (Wildman–Crippen MR) is 219 cm³/mol. The number of rotatable bonds is 14. The molecule has 0 fully saturated rings. The van der Waals surface area contributed by atoms with Gasteiger partial charge in [0.1, 0.15) is 61.4 Å². The average Bonchev–Trinajstić information content (AvgIpc) is 3.21. The van der Waals surface area contributed by atoms with E-state index in [4.69, 9.17) is 10.5 Å². The van der Waals surface area contributed by atoms with Crippen LogP contribution in [0, 0.1) is 6.92 Å². The lowest BCUT2D eigenvalue weighted by Gasteiger charge is -2.14. The number of carboxylic acid groups (broad SMARTS) is 1. The van der Waals surface area contributed by atoms with Crippen molar-refractivity contribution in [2.24, 2.45) is 30.7 Å². The Balaban J connectivity index is 1.37. The van der Waals surface area contributed by atoms with E-state index in [9.17, 15) is 69.2 Å². The van der Waals surface area contributed by atoms with E-state index in [2.05, 4.69) is 35.7 Å². The van der Waals surface area contributed by atoms with Crippen LogP contribution in [0.5, 0.6) is 17.2 Å². The van der Waals surface area contributed by atoms with Crippen molar-refractivity contribution in [3.8, 4) is 17.2 Å². The highest BCUT2D eigenvalue weighted by Crippen LogP contribution is 2.45. The summed E-state index contributed by atoms with van der Waals surface area (Å²) >= 11 is 0. The third-order valence-electron chi connectivity index (χ3n) is 8.75. The summed E-state index contributed by atoms with van der Waals surface area (Å²) in [6.07, 6.45) is -0.159. The molecule has 0 aliphatic carbocycles. The highest BCUT2D eigenvalue weighted by atomic mass is 32.2. The Bertz CT molecular complexity index is 3310. The smallest absolute Gasteiger partial charge is 0.338 e. The lowest BCUT2D eigenvalue weighted by atomic mass is 10.1. The Labute approximate surface area is 354 Å². The van der Waals surface area contributed by atoms with Crippen LogP contribution in [-0.2, 0) is 30.4 Å². The molecule has 1 atom stereocenters. The van der Waals surface area contributed by atoms with Gasteiger partial charge in [-0.3, -0.25) is 18.6 Å². The Morgan fingerprint density at radius 1 is 0.730 bits per heavy atom. The molecular weight excluding hydrogens is 897 g/mol. The SMILES string of the molecule is Cc1cc(/N=N/c2c(S(=O)(=O)O)cc3cc(S(=O)(=O)O)c(N)cc3c2O)c(OCC(O)CO)cc1/N=N/c1ccc(/N=N/c2cc(S(=O)(=O)O)c3cccnc3c2O)c(C(=O)O)c1. The summed E-state index contributed by atoms with van der Waals surface area (Å²) in [4.78, 5) is 13.7. The fraction of sp³-hybridized carbons (Fsp3) is 0.111. The summed E-state index contributed by atoms with van der Waals surface area (Å²) in [5.74, 6) is -3.26. The largest absolute Gasteiger partial charge is 0.505 e. The lowest BCUT2D eigenvalue weighted by molar-refractivity contribution is 0.0538. The second-order valence-electron chi connectivity index (χ2n) is 13.1. The number of ether oxygens (including phenoxy) is 1. The Morgan fingerprint density at radius 3 is 2.02 bits per heavy atom. The number of aryl methyl sites for hydroxylation is 1. The molecule has 1 aromatic heterocycles. The number of nitrogen functional groups attached to an aromatic ring is 1. The van der Waals surface area contributed by atoms with Gasteiger partial charge in [0.15, 0.2) is 11.5 Å². The van der Waals surface area contributed by atoms with E-state index in [0.29, 0.717) is 0 Å². The van der Waals surface area contributed by atoms with E-state index in [-0.39, 0.29) is 55.7 Å². The van der Waals surface area contributed by atoms with Crippen LogP contribution in [0.2, 0.25) is 0 Å². The van der Waals surface area contributed by atoms with Crippen LogP contribution in [0.3, 0.4) is 0 Å². The molecule has 1 heterocycles. The van der Waals surface area contributed by atoms with Gasteiger partial charge in [-0.15, -0.1) is 20.5 Å². The highest BCUT2D eigenvalue weighted by molar-refractivity contribution is 7.86. The first-order chi connectivity index (χ1) is 29.5. The molecule has 10 N–H and O–H groups in total. The minimum Gasteiger partial charge on any atom is -0.505 e. The van der Waals surface area contributed by atoms with Gasteiger partial charge in [-0.05, 0) is 78.5 Å². The summed E-state index contributed by atoms with van der Waals surface area (Å²) < 4.78 is 107. The number of anilines is 1. The number of aromatic hydroxyl groups is 2. The average molecular weight is 927 g/mol. The van der Waals surface area contributed by atoms with Crippen molar-refractivity contribution in [3.63, 3.8) is 0 Å². The minimum absolute atomic E-state index is 0.0482. The van der Waals surface area contributed by atoms with Gasteiger partial charge in [-0.1, -0.05) is 0 Å². The number of aromatic nitrogens is 1. The van der Waals surface area contributed by atoms with Crippen molar-refractivity contribution in [2.45, 2.75) is 27.7 Å². The number of pyridine rings is 1. The molecule has 0 saturated carbocycles. The molecule has 0 saturated heterocycles. The first-order valence-electron chi connectivity index (χ1n) is 17.3. The first-order valence-corrected chi connectivity index (χ1v) is 21.6. The fourth-order valence-corrected chi connectivity index (χ4v) is 7.75. The number of aliphatic hydroxyl groups is 2. The molecule has 1 unspecified atom stereocenters. The molecule has 0 bridgehead atoms. The lowest BCUT2D eigenvalue weighted by Crippen LogP contribution is -2.21. The van der Waals surface area contributed by atoms with Crippen LogP contribution in [0.4, 0.5) is 39.8 Å². The van der Waals surface area contributed by atoms with Crippen molar-refractivity contribution in [1.82, 2.24) is 4.98 Å². The van der Waals surface area contributed by atoms with Crippen molar-refractivity contribution in [3.05, 3.63) is 84.1 Å². The number of phenols is 2. The van der Waals surface area contributed by atoms with Crippen LogP contribution in [-0.4, -0.2) is 94.7 Å². The maximum atomic E-state index is 12.4. The van der Waals surface area contributed by atoms with Crippen LogP contribution in [0.15, 0.2) is 118 Å². The predicted octanol–water partition coefficient (Wildman–Crippen LogP) is 6.11. The van der Waals surface area contributed by atoms with E-state index in [1.54, 1.807) is 0 Å². The molecule has 0 aliphatic heterocycles. The fourth-order valence-electron chi connectivity index (χ4n) is 5.75. The van der Waals surface area contributed by atoms with Gasteiger partial charge >= 0.3 is 5.97 Å². The molecule has 24 nitrogen and oxygen atoms in total. The third-order valence-corrected chi connectivity index (χ3v) is 11.4. The summed E-state index contributed by atoms with van der Waals surface area (Å²) in [5, 5.41) is 74.0. The number of carboxylic acids is 1. The highest BCUT2D eigenvalue weighted by Gasteiger charge is 2.25. The molecule has 63 heavy (non-hydrogen) atoms. The van der Waals surface area contributed by atoms with Crippen molar-refractivity contribution >= 4 is 97.8 Å². The number of phenolic OH excluding ortho intramolecular Hbond substituents is 2. The normalized spacial score (nSPS) is 13.2. The van der Waals surface area contributed by atoms with E-state index >= 15 is 0 Å². The monoisotopic (exact) mass is 926 g/mol.